The smallest absolute Gasteiger partial charge is 0.303 e. The lowest BCUT2D eigenvalue weighted by Crippen LogP contribution is -2.46. The summed E-state index contributed by atoms with van der Waals surface area (Å²) >= 11 is 0. The van der Waals surface area contributed by atoms with Gasteiger partial charge in [0.25, 0.3) is 5.91 Å². The van der Waals surface area contributed by atoms with Crippen molar-refractivity contribution in [3.05, 3.63) is 71.8 Å². The van der Waals surface area contributed by atoms with Crippen LogP contribution in [0.5, 0.6) is 0 Å². The highest BCUT2D eigenvalue weighted by Crippen LogP contribution is 2.20. The zero-order chi connectivity index (χ0) is 19.1. The monoisotopic (exact) mass is 366 g/mol. The van der Waals surface area contributed by atoms with Crippen molar-refractivity contribution in [2.45, 2.75) is 38.5 Å². The number of amides is 1. The molecule has 5 nitrogen and oxygen atoms in total. The van der Waals surface area contributed by atoms with Crippen molar-refractivity contribution < 1.29 is 14.3 Å². The van der Waals surface area contributed by atoms with Gasteiger partial charge < -0.3 is 10.1 Å². The van der Waals surface area contributed by atoms with Gasteiger partial charge in [0, 0.05) is 38.2 Å². The number of hydrogen-bond donors (Lipinski definition) is 1. The van der Waals surface area contributed by atoms with E-state index in [1.165, 1.54) is 12.5 Å². The zero-order valence-corrected chi connectivity index (χ0v) is 15.6. The topological polar surface area (TPSA) is 58.6 Å². The van der Waals surface area contributed by atoms with Crippen molar-refractivity contribution in [1.29, 1.82) is 0 Å². The summed E-state index contributed by atoms with van der Waals surface area (Å²) in [4.78, 5) is 26.6. The van der Waals surface area contributed by atoms with Gasteiger partial charge in [0.2, 0.25) is 6.10 Å². The summed E-state index contributed by atoms with van der Waals surface area (Å²) in [5.74, 6) is -0.713. The molecule has 5 heteroatoms. The predicted octanol–water partition coefficient (Wildman–Crippen LogP) is 3.07. The molecule has 142 valence electrons. The van der Waals surface area contributed by atoms with Gasteiger partial charge in [0.1, 0.15) is 0 Å². The standard InChI is InChI=1S/C22H26N2O3/c1-17(25)27-21(19-10-6-3-7-11-19)22(26)23-20-12-14-24(15-13-20)16-18-8-4-2-5-9-18/h2-11,20-21H,12-16H2,1H3,(H,23,26). The Morgan fingerprint density at radius 2 is 1.63 bits per heavy atom. The molecule has 27 heavy (non-hydrogen) atoms. The first-order valence-corrected chi connectivity index (χ1v) is 9.40. The van der Waals surface area contributed by atoms with Crippen molar-refractivity contribution in [2.75, 3.05) is 13.1 Å². The molecule has 3 rings (SSSR count). The van der Waals surface area contributed by atoms with E-state index in [2.05, 4.69) is 34.5 Å². The number of benzene rings is 2. The Balaban J connectivity index is 1.53. The lowest BCUT2D eigenvalue weighted by Gasteiger charge is -2.33. The summed E-state index contributed by atoms with van der Waals surface area (Å²) in [6.45, 7) is 4.12. The van der Waals surface area contributed by atoms with E-state index in [0.29, 0.717) is 5.56 Å². The molecule has 1 fully saturated rings. The Labute approximate surface area is 160 Å². The van der Waals surface area contributed by atoms with Crippen molar-refractivity contribution >= 4 is 11.9 Å². The van der Waals surface area contributed by atoms with Gasteiger partial charge in [-0.15, -0.1) is 0 Å². The van der Waals surface area contributed by atoms with Gasteiger partial charge in [-0.2, -0.15) is 0 Å². The molecule has 1 N–H and O–H groups in total. The lowest BCUT2D eigenvalue weighted by atomic mass is 10.0. The fourth-order valence-corrected chi connectivity index (χ4v) is 3.42. The van der Waals surface area contributed by atoms with Gasteiger partial charge >= 0.3 is 5.97 Å². The highest BCUT2D eigenvalue weighted by atomic mass is 16.5. The number of ether oxygens (including phenoxy) is 1. The molecule has 1 saturated heterocycles. The first kappa shape index (κ1) is 19.1. The van der Waals surface area contributed by atoms with E-state index >= 15 is 0 Å². The molecule has 1 aliphatic rings. The fourth-order valence-electron chi connectivity index (χ4n) is 3.42. The minimum absolute atomic E-state index is 0.103. The van der Waals surface area contributed by atoms with Crippen LogP contribution in [0.2, 0.25) is 0 Å². The van der Waals surface area contributed by atoms with Crippen molar-refractivity contribution in [3.63, 3.8) is 0 Å². The molecule has 0 radical (unpaired) electrons. The predicted molar refractivity (Wildman–Crippen MR) is 104 cm³/mol. The molecule has 1 unspecified atom stereocenters. The van der Waals surface area contributed by atoms with Crippen LogP contribution in [0.25, 0.3) is 0 Å². The number of hydrogen-bond acceptors (Lipinski definition) is 4. The zero-order valence-electron chi connectivity index (χ0n) is 15.6. The largest absolute Gasteiger partial charge is 0.447 e. The van der Waals surface area contributed by atoms with Crippen molar-refractivity contribution in [2.24, 2.45) is 0 Å². The van der Waals surface area contributed by atoms with Crippen LogP contribution in [-0.4, -0.2) is 35.9 Å². The first-order chi connectivity index (χ1) is 13.1. The molecule has 0 bridgehead atoms. The van der Waals surface area contributed by atoms with E-state index < -0.39 is 12.1 Å². The lowest BCUT2D eigenvalue weighted by molar-refractivity contribution is -0.154. The van der Waals surface area contributed by atoms with Gasteiger partial charge in [-0.25, -0.2) is 0 Å². The van der Waals surface area contributed by atoms with Crippen LogP contribution in [-0.2, 0) is 20.9 Å². The summed E-state index contributed by atoms with van der Waals surface area (Å²) in [6, 6.07) is 19.7. The number of esters is 1. The Bertz CT molecular complexity index is 741. The second-order valence-corrected chi connectivity index (χ2v) is 6.94. The minimum atomic E-state index is -0.897. The number of nitrogens with one attached hydrogen (secondary N) is 1. The number of nitrogens with zero attached hydrogens (tertiary/aromatic N) is 1. The van der Waals surface area contributed by atoms with Gasteiger partial charge in [-0.1, -0.05) is 60.7 Å². The van der Waals surface area contributed by atoms with E-state index in [9.17, 15) is 9.59 Å². The Morgan fingerprint density at radius 1 is 1.04 bits per heavy atom. The van der Waals surface area contributed by atoms with Crippen LogP contribution in [0.4, 0.5) is 0 Å². The minimum Gasteiger partial charge on any atom is -0.447 e. The van der Waals surface area contributed by atoms with E-state index in [-0.39, 0.29) is 11.9 Å². The Hall–Kier alpha value is -2.66. The molecule has 0 aliphatic carbocycles. The second kappa shape index (κ2) is 9.33. The summed E-state index contributed by atoms with van der Waals surface area (Å²) in [5.41, 5.74) is 1.99. The normalized spacial score (nSPS) is 16.5. The molecule has 2 aromatic rings. The second-order valence-electron chi connectivity index (χ2n) is 6.94. The first-order valence-electron chi connectivity index (χ1n) is 9.40. The van der Waals surface area contributed by atoms with Crippen LogP contribution < -0.4 is 5.32 Å². The average molecular weight is 366 g/mol. The van der Waals surface area contributed by atoms with Gasteiger partial charge in [-0.05, 0) is 18.4 Å². The molecule has 1 heterocycles. The molecule has 0 saturated carbocycles. The summed E-state index contributed by atoms with van der Waals surface area (Å²) in [6.07, 6.45) is 0.881. The fraction of sp³-hybridized carbons (Fsp3) is 0.364. The molecular formula is C22H26N2O3. The molecule has 0 aromatic heterocycles. The van der Waals surface area contributed by atoms with E-state index in [1.54, 1.807) is 12.1 Å². The van der Waals surface area contributed by atoms with Crippen molar-refractivity contribution in [1.82, 2.24) is 10.2 Å². The molecule has 1 aliphatic heterocycles. The van der Waals surface area contributed by atoms with E-state index in [0.717, 1.165) is 32.5 Å². The van der Waals surface area contributed by atoms with Crippen LogP contribution in [0.15, 0.2) is 60.7 Å². The maximum Gasteiger partial charge on any atom is 0.303 e. The highest BCUT2D eigenvalue weighted by molar-refractivity contribution is 5.84. The summed E-state index contributed by atoms with van der Waals surface area (Å²) in [7, 11) is 0. The maximum absolute atomic E-state index is 12.7. The number of rotatable bonds is 6. The highest BCUT2D eigenvalue weighted by Gasteiger charge is 2.27. The third-order valence-electron chi connectivity index (χ3n) is 4.81. The Kier molecular flexibility index (Phi) is 6.60. The number of carbonyl (C=O) groups is 2. The third kappa shape index (κ3) is 5.66. The molecule has 2 aromatic carbocycles. The van der Waals surface area contributed by atoms with Crippen LogP contribution in [0.3, 0.4) is 0 Å². The van der Waals surface area contributed by atoms with Gasteiger partial charge in [-0.3, -0.25) is 14.5 Å². The van der Waals surface area contributed by atoms with Crippen LogP contribution in [0.1, 0.15) is 37.0 Å². The number of likely N-dealkylation sites (tertiary alicyclic amines) is 1. The maximum atomic E-state index is 12.7. The van der Waals surface area contributed by atoms with Gasteiger partial charge in [0.15, 0.2) is 0 Å². The summed E-state index contributed by atoms with van der Waals surface area (Å²) < 4.78 is 5.28. The molecule has 1 atom stereocenters. The van der Waals surface area contributed by atoms with Crippen LogP contribution >= 0.6 is 0 Å². The molecule has 1 amide bonds. The van der Waals surface area contributed by atoms with E-state index in [1.807, 2.05) is 24.3 Å². The number of piperidine rings is 1. The molecular weight excluding hydrogens is 340 g/mol. The van der Waals surface area contributed by atoms with Crippen LogP contribution in [0, 0.1) is 0 Å². The van der Waals surface area contributed by atoms with Crippen molar-refractivity contribution in [3.8, 4) is 0 Å². The average Bonchev–Trinajstić information content (AvgIpc) is 2.69. The third-order valence-corrected chi connectivity index (χ3v) is 4.81. The van der Waals surface area contributed by atoms with Gasteiger partial charge in [0.05, 0.1) is 0 Å². The quantitative estimate of drug-likeness (QED) is 0.799. The Morgan fingerprint density at radius 3 is 2.22 bits per heavy atom. The van der Waals surface area contributed by atoms with E-state index in [4.69, 9.17) is 4.74 Å². The summed E-state index contributed by atoms with van der Waals surface area (Å²) in [5, 5.41) is 3.06. The number of carbonyl (C=O) groups excluding carboxylic acids is 2. The SMILES string of the molecule is CC(=O)OC(C(=O)NC1CCN(Cc2ccccc2)CC1)c1ccccc1. The molecule has 0 spiro atoms.